The molecule has 374 valence electrons. The van der Waals surface area contributed by atoms with Crippen LogP contribution in [-0.2, 0) is 10.8 Å². The second kappa shape index (κ2) is 18.4. The number of nitrogens with zero attached hydrogens (tertiary/aromatic N) is 2. The van der Waals surface area contributed by atoms with E-state index < -0.39 is 39.4 Å². The summed E-state index contributed by atoms with van der Waals surface area (Å²) >= 11 is 0. The predicted molar refractivity (Wildman–Crippen MR) is 314 cm³/mol. The van der Waals surface area contributed by atoms with Crippen LogP contribution in [0.2, 0.25) is 39.3 Å². The van der Waals surface area contributed by atoms with E-state index in [1.807, 2.05) is 94.7 Å². The highest BCUT2D eigenvalue weighted by Crippen LogP contribution is 2.49. The topological polar surface area (TPSA) is 6.48 Å². The van der Waals surface area contributed by atoms with Crippen molar-refractivity contribution in [1.29, 1.82) is 0 Å². The van der Waals surface area contributed by atoms with E-state index in [4.69, 9.17) is 0 Å². The van der Waals surface area contributed by atoms with Crippen molar-refractivity contribution in [2.75, 3.05) is 9.80 Å². The van der Waals surface area contributed by atoms with Crippen LogP contribution in [0, 0.1) is 23.3 Å². The molecule has 0 saturated heterocycles. The fourth-order valence-electron chi connectivity index (χ4n) is 10.4. The van der Waals surface area contributed by atoms with Crippen LogP contribution in [0.15, 0.2) is 170 Å². The summed E-state index contributed by atoms with van der Waals surface area (Å²) in [7, 11) is -3.46. The first kappa shape index (κ1) is 50.5. The van der Waals surface area contributed by atoms with E-state index in [0.29, 0.717) is 33.6 Å². The minimum Gasteiger partial charge on any atom is -0.307 e. The maximum Gasteiger partial charge on any atom is 0.150 e. The van der Waals surface area contributed by atoms with Gasteiger partial charge in [-0.15, -0.1) is 0 Å². The minimum absolute atomic E-state index is 0.189. The Bertz CT molecular complexity index is 3510. The first-order chi connectivity index (χ1) is 34.9. The second-order valence-electron chi connectivity index (χ2n) is 24.1. The van der Waals surface area contributed by atoms with Crippen molar-refractivity contribution >= 4 is 93.0 Å². The van der Waals surface area contributed by atoms with Crippen LogP contribution >= 0.6 is 0 Å². The average molecular weight is 1020 g/mol. The van der Waals surface area contributed by atoms with Gasteiger partial charge in [-0.2, -0.15) is 0 Å². The Balaban J connectivity index is 1.22. The zero-order valence-corrected chi connectivity index (χ0v) is 46.6. The molecule has 10 aromatic rings. The van der Waals surface area contributed by atoms with Crippen LogP contribution in [0.3, 0.4) is 0 Å². The number of halogens is 4. The molecule has 2 nitrogen and oxygen atoms in total. The number of benzene rings is 10. The molecule has 0 radical (unpaired) electrons. The van der Waals surface area contributed by atoms with Gasteiger partial charge in [0.1, 0.15) is 23.3 Å². The van der Waals surface area contributed by atoms with Gasteiger partial charge in [0.2, 0.25) is 0 Å². The Morgan fingerprint density at radius 1 is 0.351 bits per heavy atom. The molecular weight excluding hydrogens is 953 g/mol. The molecule has 0 unspecified atom stereocenters. The highest BCUT2D eigenvalue weighted by atomic mass is 28.3. The molecule has 0 fully saturated rings. The van der Waals surface area contributed by atoms with Crippen LogP contribution in [0.5, 0.6) is 0 Å². The fraction of sp³-hybridized carbons (Fsp3) is 0.212. The normalized spacial score (nSPS) is 12.6. The highest BCUT2D eigenvalue weighted by Gasteiger charge is 2.28. The molecule has 0 bridgehead atoms. The lowest BCUT2D eigenvalue weighted by atomic mass is 9.85. The van der Waals surface area contributed by atoms with Crippen LogP contribution in [0.1, 0.15) is 52.7 Å². The lowest BCUT2D eigenvalue weighted by molar-refractivity contribution is 0.584. The van der Waals surface area contributed by atoms with Gasteiger partial charge in [0.05, 0.1) is 38.9 Å². The van der Waals surface area contributed by atoms with Crippen LogP contribution in [-0.4, -0.2) is 16.1 Å². The molecule has 0 aliphatic rings. The lowest BCUT2D eigenvalue weighted by Gasteiger charge is -2.30. The van der Waals surface area contributed by atoms with Gasteiger partial charge in [-0.25, -0.2) is 17.6 Å². The Hall–Kier alpha value is -7.01. The van der Waals surface area contributed by atoms with E-state index in [2.05, 4.69) is 141 Å². The van der Waals surface area contributed by atoms with E-state index >= 15 is 17.6 Å². The third-order valence-corrected chi connectivity index (χ3v) is 18.8. The van der Waals surface area contributed by atoms with Gasteiger partial charge in [-0.3, -0.25) is 0 Å². The summed E-state index contributed by atoms with van der Waals surface area (Å²) in [4.78, 5) is 3.84. The van der Waals surface area contributed by atoms with Crippen LogP contribution in [0.25, 0.3) is 54.6 Å². The molecule has 0 N–H and O–H groups in total. The maximum absolute atomic E-state index is 17.0. The van der Waals surface area contributed by atoms with Gasteiger partial charge < -0.3 is 9.80 Å². The highest BCUT2D eigenvalue weighted by molar-refractivity contribution is 6.89. The molecule has 0 spiro atoms. The molecular formula is C66H64F4N2Si2. The third kappa shape index (κ3) is 9.32. The zero-order chi connectivity index (χ0) is 52.8. The molecule has 10 rings (SSSR count). The fourth-order valence-corrected chi connectivity index (χ4v) is 12.7. The summed E-state index contributed by atoms with van der Waals surface area (Å²) in [5, 5.41) is 8.03. The summed E-state index contributed by atoms with van der Waals surface area (Å²) in [5.74, 6) is -2.67. The predicted octanol–water partition coefficient (Wildman–Crippen LogP) is 19.1. The number of rotatable bonds is 10. The van der Waals surface area contributed by atoms with Gasteiger partial charge in [0.15, 0.2) is 0 Å². The largest absolute Gasteiger partial charge is 0.307 e. The molecule has 0 heterocycles. The Labute approximate surface area is 436 Å². The molecule has 0 aliphatic heterocycles. The molecule has 8 heteroatoms. The number of anilines is 6. The van der Waals surface area contributed by atoms with Crippen molar-refractivity contribution in [3.63, 3.8) is 0 Å². The second-order valence-corrected chi connectivity index (χ2v) is 34.2. The van der Waals surface area contributed by atoms with Crippen molar-refractivity contribution in [2.24, 2.45) is 0 Å². The van der Waals surface area contributed by atoms with Crippen molar-refractivity contribution in [3.05, 3.63) is 204 Å². The maximum atomic E-state index is 17.0. The Morgan fingerprint density at radius 2 is 0.703 bits per heavy atom. The van der Waals surface area contributed by atoms with Gasteiger partial charge in [0.25, 0.3) is 0 Å². The molecule has 0 atom stereocenters. The molecule has 0 aliphatic carbocycles. The average Bonchev–Trinajstić information content (AvgIpc) is 3.34. The SMILES string of the molecule is CC(C)(C)c1cccc(-c2cc(N(c3ccc([Si](C)(C)C)cc3)c3ccc4ccc5c(N(c6ccc([Si](C)(C)C)cc6)c6cc(-c7cccc(C(C)(C)C)c7)c(F)cc6F)ccc6ccc3c4c65)c(F)cc2F)c1. The van der Waals surface area contributed by atoms with Crippen molar-refractivity contribution in [2.45, 2.75) is 91.7 Å². The monoisotopic (exact) mass is 1020 g/mol. The van der Waals surface area contributed by atoms with Gasteiger partial charge in [-0.1, -0.05) is 200 Å². The summed E-state index contributed by atoms with van der Waals surface area (Å²) in [6.07, 6.45) is 0. The van der Waals surface area contributed by atoms with E-state index in [1.165, 1.54) is 10.4 Å². The smallest absolute Gasteiger partial charge is 0.150 e. The molecule has 0 aromatic heterocycles. The minimum atomic E-state index is -1.73. The summed E-state index contributed by atoms with van der Waals surface area (Å²) < 4.78 is 66.5. The lowest BCUT2D eigenvalue weighted by Crippen LogP contribution is -2.37. The van der Waals surface area contributed by atoms with Crippen LogP contribution in [0.4, 0.5) is 51.7 Å². The van der Waals surface area contributed by atoms with Gasteiger partial charge in [-0.05, 0) is 103 Å². The van der Waals surface area contributed by atoms with E-state index in [9.17, 15) is 0 Å². The molecule has 0 amide bonds. The van der Waals surface area contributed by atoms with E-state index in [0.717, 1.165) is 67.0 Å². The van der Waals surface area contributed by atoms with E-state index in [-0.39, 0.29) is 22.2 Å². The molecule has 74 heavy (non-hydrogen) atoms. The molecule has 0 saturated carbocycles. The quantitative estimate of drug-likeness (QED) is 0.0765. The summed E-state index contributed by atoms with van der Waals surface area (Å²) in [6, 6.07) is 54.2. The number of hydrogen-bond donors (Lipinski definition) is 0. The standard InChI is InChI=1S/C66H64F4N2Si2/c1-65(2,3)45-17-13-15-43(35-45)53-37-61(57(69)39-55(53)67)71(47-23-27-49(28-24-47)73(7,8)9)59-33-21-41-20-32-52-60(34-22-42-19-31-51(59)63(41)64(42)52)72(48-25-29-50(30-26-48)74(10,11)12)62-38-54(56(68)40-58(62)70)44-16-14-18-46(36-44)66(4,5)6/h13-40H,1-12H3. The first-order valence-corrected chi connectivity index (χ1v) is 32.6. The van der Waals surface area contributed by atoms with Crippen LogP contribution < -0.4 is 20.2 Å². The zero-order valence-electron chi connectivity index (χ0n) is 44.6. The van der Waals surface area contributed by atoms with Crippen molar-refractivity contribution in [3.8, 4) is 22.3 Å². The van der Waals surface area contributed by atoms with Crippen molar-refractivity contribution < 1.29 is 17.6 Å². The van der Waals surface area contributed by atoms with Gasteiger partial charge in [0, 0.05) is 45.4 Å². The summed E-state index contributed by atoms with van der Waals surface area (Å²) in [6.45, 7) is 26.5. The van der Waals surface area contributed by atoms with Gasteiger partial charge >= 0.3 is 0 Å². The number of hydrogen-bond acceptors (Lipinski definition) is 2. The Kier molecular flexibility index (Phi) is 12.6. The van der Waals surface area contributed by atoms with E-state index in [1.54, 1.807) is 12.1 Å². The van der Waals surface area contributed by atoms with Crippen molar-refractivity contribution in [1.82, 2.24) is 0 Å². The summed E-state index contributed by atoms with van der Waals surface area (Å²) in [5.41, 5.74) is 6.93. The first-order valence-electron chi connectivity index (χ1n) is 25.6. The molecule has 10 aromatic carbocycles. The third-order valence-electron chi connectivity index (χ3n) is 14.7. The Morgan fingerprint density at radius 3 is 1.04 bits per heavy atom.